The zero-order valence-corrected chi connectivity index (χ0v) is 26.0. The number of ketones is 3. The van der Waals surface area contributed by atoms with Crippen LogP contribution in [0, 0.1) is 0 Å². The number of carbonyl (C=O) groups excluding carboxylic acids is 4. The molecule has 0 aromatic heterocycles. The van der Waals surface area contributed by atoms with E-state index in [1.165, 1.54) is 25.3 Å². The van der Waals surface area contributed by atoms with Gasteiger partial charge in [0.1, 0.15) is 22.8 Å². The Morgan fingerprint density at radius 1 is 1.13 bits per heavy atom. The summed E-state index contributed by atoms with van der Waals surface area (Å²) in [5.41, 5.74) is 2.60. The summed E-state index contributed by atoms with van der Waals surface area (Å²) in [5.74, 6) is -3.81. The van der Waals surface area contributed by atoms with Gasteiger partial charge in [-0.1, -0.05) is 37.2 Å². The standard InChI is InChI=1S/C32H37NO11S/c1-4-5-9-21(35)45-13-20(34)32(41)11-16-24(19(12-32)44-22-10-17(33)27(36)14(2)43-22)31(40)26-25(29(16)38)28(37)15-7-6-8-18(42-3)23(15)30(26)39/h6-8,14,17,19,22,27,36,38,40-41H,4-5,9-13,33H2,1-3H3/t14?,17?,19-,22?,27?,32-/m0/s1. The molecular formula is C32H37NO11S. The fraction of sp³-hybridized carbons (Fsp3) is 0.500. The molecule has 5 rings (SSSR count). The maximum absolute atomic E-state index is 13.8. The number of aromatic hydroxyl groups is 2. The van der Waals surface area contributed by atoms with Gasteiger partial charge in [-0.25, -0.2) is 0 Å². The number of fused-ring (bicyclic) bond motifs is 3. The predicted molar refractivity (Wildman–Crippen MR) is 162 cm³/mol. The number of ether oxygens (including phenoxy) is 3. The first-order chi connectivity index (χ1) is 21.3. The van der Waals surface area contributed by atoms with Gasteiger partial charge >= 0.3 is 0 Å². The van der Waals surface area contributed by atoms with Gasteiger partial charge in [-0.05, 0) is 19.4 Å². The first-order valence-corrected chi connectivity index (χ1v) is 15.8. The van der Waals surface area contributed by atoms with Crippen LogP contribution < -0.4 is 10.5 Å². The van der Waals surface area contributed by atoms with E-state index in [0.29, 0.717) is 6.42 Å². The minimum atomic E-state index is -2.18. The lowest BCUT2D eigenvalue weighted by Crippen LogP contribution is -2.53. The molecule has 2 aromatic carbocycles. The van der Waals surface area contributed by atoms with E-state index in [2.05, 4.69) is 0 Å². The average molecular weight is 644 g/mol. The van der Waals surface area contributed by atoms with Crippen LogP contribution in [0.3, 0.4) is 0 Å². The number of rotatable bonds is 9. The quantitative estimate of drug-likeness (QED) is 0.213. The van der Waals surface area contributed by atoms with Crippen molar-refractivity contribution in [3.63, 3.8) is 0 Å². The Bertz CT molecular complexity index is 1550. The smallest absolute Gasteiger partial charge is 0.202 e. The number of thioether (sulfide) groups is 1. The molecule has 1 heterocycles. The minimum absolute atomic E-state index is 0.0190. The number of aliphatic hydroxyl groups excluding tert-OH is 1. The lowest BCUT2D eigenvalue weighted by molar-refractivity contribution is -0.247. The van der Waals surface area contributed by atoms with Crippen LogP contribution in [0.15, 0.2) is 18.2 Å². The Morgan fingerprint density at radius 3 is 2.51 bits per heavy atom. The van der Waals surface area contributed by atoms with E-state index in [1.54, 1.807) is 6.92 Å². The predicted octanol–water partition coefficient (Wildman–Crippen LogP) is 2.46. The number of benzene rings is 2. The van der Waals surface area contributed by atoms with Crippen LogP contribution in [0.25, 0.3) is 0 Å². The van der Waals surface area contributed by atoms with Crippen molar-refractivity contribution in [2.45, 2.75) is 88.6 Å². The zero-order valence-electron chi connectivity index (χ0n) is 25.2. The van der Waals surface area contributed by atoms with Gasteiger partial charge in [0.15, 0.2) is 23.0 Å². The van der Waals surface area contributed by atoms with Crippen LogP contribution in [0.4, 0.5) is 0 Å². The monoisotopic (exact) mass is 643 g/mol. The summed E-state index contributed by atoms with van der Waals surface area (Å²) in [5, 5.41) is 45.1. The SMILES string of the molecule is CCCCC(=O)SCC(=O)[C@]1(O)Cc2c(O)c3c(c(O)c2[C@@H](OC2CC(N)C(O)C(C)O2)C1)C(=O)c1c(OC)cccc1C3=O. The Labute approximate surface area is 263 Å². The second-order valence-corrected chi connectivity index (χ2v) is 12.8. The van der Waals surface area contributed by atoms with Gasteiger partial charge in [0.05, 0.1) is 47.9 Å². The molecule has 1 saturated heterocycles. The van der Waals surface area contributed by atoms with Crippen molar-refractivity contribution < 1.29 is 53.8 Å². The number of phenols is 2. The van der Waals surface area contributed by atoms with Crippen LogP contribution in [0.5, 0.6) is 17.2 Å². The summed E-state index contributed by atoms with van der Waals surface area (Å²) in [6.07, 6.45) is -3.31. The first-order valence-electron chi connectivity index (χ1n) is 14.9. The third kappa shape index (κ3) is 5.88. The van der Waals surface area contributed by atoms with Crippen LogP contribution in [0.2, 0.25) is 0 Å². The molecule has 12 nitrogen and oxygen atoms in total. The lowest BCUT2D eigenvalue weighted by Gasteiger charge is -2.42. The minimum Gasteiger partial charge on any atom is -0.507 e. The number of hydrogen-bond acceptors (Lipinski definition) is 13. The van der Waals surface area contributed by atoms with Gasteiger partial charge in [-0.15, -0.1) is 0 Å². The second kappa shape index (κ2) is 12.8. The number of hydrogen-bond donors (Lipinski definition) is 5. The third-order valence-electron chi connectivity index (χ3n) is 8.76. The summed E-state index contributed by atoms with van der Waals surface area (Å²) in [6.45, 7) is 3.53. The van der Waals surface area contributed by atoms with Crippen molar-refractivity contribution in [1.29, 1.82) is 0 Å². The summed E-state index contributed by atoms with van der Waals surface area (Å²) in [7, 11) is 1.33. The van der Waals surface area contributed by atoms with E-state index in [-0.39, 0.29) is 51.7 Å². The van der Waals surface area contributed by atoms with E-state index in [9.17, 15) is 39.6 Å². The Kier molecular flexibility index (Phi) is 9.41. The third-order valence-corrected chi connectivity index (χ3v) is 9.69. The normalized spacial score (nSPS) is 27.4. The highest BCUT2D eigenvalue weighted by molar-refractivity contribution is 8.14. The summed E-state index contributed by atoms with van der Waals surface area (Å²) in [6, 6.07) is 3.67. The number of nitrogens with two attached hydrogens (primary N) is 1. The number of Topliss-reactive ketones (excluding diaryl/α,β-unsaturated/α-hetero) is 1. The number of aliphatic hydroxyl groups is 2. The molecule has 2 aromatic rings. The van der Waals surface area contributed by atoms with Crippen LogP contribution in [0.1, 0.15) is 95.0 Å². The fourth-order valence-corrected chi connectivity index (χ4v) is 7.13. The van der Waals surface area contributed by atoms with Crippen molar-refractivity contribution in [2.75, 3.05) is 12.9 Å². The van der Waals surface area contributed by atoms with Gasteiger partial charge in [0.2, 0.25) is 5.78 Å². The Hall–Kier alpha value is -3.33. The molecule has 0 radical (unpaired) electrons. The molecule has 4 unspecified atom stereocenters. The van der Waals surface area contributed by atoms with E-state index < -0.39 is 89.1 Å². The molecule has 0 spiro atoms. The van der Waals surface area contributed by atoms with Gasteiger partial charge in [0, 0.05) is 48.4 Å². The fourth-order valence-electron chi connectivity index (χ4n) is 6.28. The Morgan fingerprint density at radius 2 is 1.84 bits per heavy atom. The van der Waals surface area contributed by atoms with Crippen molar-refractivity contribution in [3.05, 3.63) is 51.6 Å². The molecule has 1 fully saturated rings. The van der Waals surface area contributed by atoms with E-state index in [4.69, 9.17) is 19.9 Å². The van der Waals surface area contributed by atoms with Gasteiger partial charge < -0.3 is 40.4 Å². The van der Waals surface area contributed by atoms with E-state index in [1.807, 2.05) is 6.92 Å². The number of unbranched alkanes of at least 4 members (excludes halogenated alkanes) is 1. The van der Waals surface area contributed by atoms with Crippen LogP contribution >= 0.6 is 11.8 Å². The maximum Gasteiger partial charge on any atom is 0.202 e. The summed E-state index contributed by atoms with van der Waals surface area (Å²) in [4.78, 5) is 53.3. The molecular weight excluding hydrogens is 606 g/mol. The molecule has 1 aliphatic heterocycles. The summed E-state index contributed by atoms with van der Waals surface area (Å²) < 4.78 is 17.3. The van der Waals surface area contributed by atoms with Gasteiger partial charge in [-0.2, -0.15) is 0 Å². The van der Waals surface area contributed by atoms with Crippen LogP contribution in [-0.4, -0.2) is 85.9 Å². The van der Waals surface area contributed by atoms with Crippen molar-refractivity contribution in [1.82, 2.24) is 0 Å². The molecule has 2 aliphatic carbocycles. The Balaban J connectivity index is 1.60. The molecule has 3 aliphatic rings. The van der Waals surface area contributed by atoms with Crippen molar-refractivity contribution in [2.24, 2.45) is 5.73 Å². The zero-order chi connectivity index (χ0) is 32.8. The molecule has 6 N–H and O–H groups in total. The lowest BCUT2D eigenvalue weighted by atomic mass is 9.72. The first kappa shape index (κ1) is 33.0. The van der Waals surface area contributed by atoms with Crippen molar-refractivity contribution in [3.8, 4) is 17.2 Å². The number of phenolic OH excluding ortho intramolecular Hbond substituents is 2. The molecule has 6 atom stereocenters. The van der Waals surface area contributed by atoms with Gasteiger partial charge in [0.25, 0.3) is 0 Å². The molecule has 45 heavy (non-hydrogen) atoms. The highest BCUT2D eigenvalue weighted by atomic mass is 32.2. The molecule has 0 amide bonds. The topological polar surface area (TPSA) is 203 Å². The number of methoxy groups -OCH3 is 1. The van der Waals surface area contributed by atoms with Crippen molar-refractivity contribution >= 4 is 34.2 Å². The van der Waals surface area contributed by atoms with Gasteiger partial charge in [-0.3, -0.25) is 19.2 Å². The molecule has 0 bridgehead atoms. The largest absolute Gasteiger partial charge is 0.507 e. The number of carbonyl (C=O) groups is 4. The second-order valence-electron chi connectivity index (χ2n) is 11.8. The average Bonchev–Trinajstić information content (AvgIpc) is 3.01. The highest BCUT2D eigenvalue weighted by Crippen LogP contribution is 2.52. The van der Waals surface area contributed by atoms with E-state index >= 15 is 0 Å². The maximum atomic E-state index is 13.8. The summed E-state index contributed by atoms with van der Waals surface area (Å²) >= 11 is 0.782. The van der Waals surface area contributed by atoms with E-state index in [0.717, 1.165) is 18.2 Å². The molecule has 0 saturated carbocycles. The highest BCUT2D eigenvalue weighted by Gasteiger charge is 2.50. The molecule has 242 valence electrons. The molecule has 13 heteroatoms. The van der Waals surface area contributed by atoms with Crippen LogP contribution in [-0.2, 0) is 25.5 Å².